The third kappa shape index (κ3) is 3.97. The number of nitrogens with two attached hydrogens (primary N) is 1. The number of hydrogen-bond donors (Lipinski definition) is 1. The van der Waals surface area contributed by atoms with Crippen LogP contribution in [-0.2, 0) is 6.42 Å². The highest BCUT2D eigenvalue weighted by Gasteiger charge is 2.27. The smallest absolute Gasteiger partial charge is 0.168 e. The average Bonchev–Trinajstić information content (AvgIpc) is 2.49. The highest BCUT2D eigenvalue weighted by atomic mass is 19.1. The molecule has 0 saturated heterocycles. The van der Waals surface area contributed by atoms with Crippen molar-refractivity contribution in [3.05, 3.63) is 29.6 Å². The number of ether oxygens (including phenoxy) is 1. The van der Waals surface area contributed by atoms with Gasteiger partial charge in [0.05, 0.1) is 7.11 Å². The SMILES string of the molecule is COc1cccc(CC(N)C2CCC(C(C)C)CC2)c1F. The van der Waals surface area contributed by atoms with Crippen LogP contribution < -0.4 is 10.5 Å². The van der Waals surface area contributed by atoms with Gasteiger partial charge in [-0.25, -0.2) is 4.39 Å². The lowest BCUT2D eigenvalue weighted by molar-refractivity contribution is 0.202. The van der Waals surface area contributed by atoms with E-state index in [1.54, 1.807) is 6.07 Å². The molecule has 0 spiro atoms. The van der Waals surface area contributed by atoms with Crippen molar-refractivity contribution < 1.29 is 9.13 Å². The molecule has 1 aliphatic carbocycles. The van der Waals surface area contributed by atoms with Crippen LogP contribution >= 0.6 is 0 Å². The van der Waals surface area contributed by atoms with E-state index in [1.165, 1.54) is 32.8 Å². The fourth-order valence-corrected chi connectivity index (χ4v) is 3.53. The van der Waals surface area contributed by atoms with Crippen molar-refractivity contribution in [1.29, 1.82) is 0 Å². The molecule has 21 heavy (non-hydrogen) atoms. The maximum absolute atomic E-state index is 14.2. The molecule has 0 radical (unpaired) electrons. The second-order valence-corrected chi connectivity index (χ2v) is 6.72. The Morgan fingerprint density at radius 1 is 1.19 bits per heavy atom. The normalized spacial score (nSPS) is 24.1. The Morgan fingerprint density at radius 2 is 1.81 bits per heavy atom. The zero-order valence-corrected chi connectivity index (χ0v) is 13.4. The Bertz CT molecular complexity index is 453. The van der Waals surface area contributed by atoms with E-state index in [1.807, 2.05) is 12.1 Å². The summed E-state index contributed by atoms with van der Waals surface area (Å²) in [6, 6.07) is 5.34. The van der Waals surface area contributed by atoms with Gasteiger partial charge < -0.3 is 10.5 Å². The summed E-state index contributed by atoms with van der Waals surface area (Å²) in [6.45, 7) is 4.60. The first-order chi connectivity index (χ1) is 10.0. The van der Waals surface area contributed by atoms with Crippen molar-refractivity contribution in [2.75, 3.05) is 7.11 Å². The first-order valence-corrected chi connectivity index (χ1v) is 8.09. The quantitative estimate of drug-likeness (QED) is 0.884. The van der Waals surface area contributed by atoms with E-state index in [9.17, 15) is 4.39 Å². The summed E-state index contributed by atoms with van der Waals surface area (Å²) in [5.41, 5.74) is 7.03. The van der Waals surface area contributed by atoms with Gasteiger partial charge in [0.15, 0.2) is 11.6 Å². The van der Waals surface area contributed by atoms with Crippen molar-refractivity contribution in [3.8, 4) is 5.75 Å². The maximum Gasteiger partial charge on any atom is 0.168 e. The molecule has 1 atom stereocenters. The predicted molar refractivity (Wildman–Crippen MR) is 84.9 cm³/mol. The molecule has 0 bridgehead atoms. The van der Waals surface area contributed by atoms with Crippen molar-refractivity contribution in [3.63, 3.8) is 0 Å². The molecule has 1 saturated carbocycles. The van der Waals surface area contributed by atoms with E-state index in [4.69, 9.17) is 10.5 Å². The van der Waals surface area contributed by atoms with Crippen molar-refractivity contribution in [1.82, 2.24) is 0 Å². The Balaban J connectivity index is 1.95. The van der Waals surface area contributed by atoms with Gasteiger partial charge in [-0.2, -0.15) is 0 Å². The molecule has 1 fully saturated rings. The van der Waals surface area contributed by atoms with Gasteiger partial charge in [-0.05, 0) is 61.5 Å². The van der Waals surface area contributed by atoms with E-state index >= 15 is 0 Å². The van der Waals surface area contributed by atoms with E-state index in [2.05, 4.69) is 13.8 Å². The van der Waals surface area contributed by atoms with Crippen LogP contribution in [0.15, 0.2) is 18.2 Å². The summed E-state index contributed by atoms with van der Waals surface area (Å²) in [5, 5.41) is 0. The van der Waals surface area contributed by atoms with Gasteiger partial charge in [0, 0.05) is 6.04 Å². The Morgan fingerprint density at radius 3 is 2.38 bits per heavy atom. The Hall–Kier alpha value is -1.09. The lowest BCUT2D eigenvalue weighted by Crippen LogP contribution is -2.35. The zero-order chi connectivity index (χ0) is 15.4. The molecule has 3 heteroatoms. The topological polar surface area (TPSA) is 35.2 Å². The van der Waals surface area contributed by atoms with Crippen LogP contribution in [0.3, 0.4) is 0 Å². The molecule has 1 unspecified atom stereocenters. The van der Waals surface area contributed by atoms with Crippen molar-refractivity contribution in [2.45, 2.75) is 52.0 Å². The molecule has 2 N–H and O–H groups in total. The third-order valence-electron chi connectivity index (χ3n) is 5.08. The summed E-state index contributed by atoms with van der Waals surface area (Å²) < 4.78 is 19.2. The van der Waals surface area contributed by atoms with E-state index in [0.717, 1.165) is 11.8 Å². The lowest BCUT2D eigenvalue weighted by Gasteiger charge is -2.34. The van der Waals surface area contributed by atoms with Crippen LogP contribution in [0.4, 0.5) is 4.39 Å². The van der Waals surface area contributed by atoms with Crippen LogP contribution in [-0.4, -0.2) is 13.2 Å². The highest BCUT2D eigenvalue weighted by Crippen LogP contribution is 2.35. The number of rotatable bonds is 5. The van der Waals surface area contributed by atoms with Crippen LogP contribution in [0.5, 0.6) is 5.75 Å². The molecular weight excluding hydrogens is 265 g/mol. The third-order valence-corrected chi connectivity index (χ3v) is 5.08. The molecule has 1 aliphatic rings. The Labute approximate surface area is 127 Å². The van der Waals surface area contributed by atoms with Crippen LogP contribution in [0.25, 0.3) is 0 Å². The summed E-state index contributed by atoms with van der Waals surface area (Å²) >= 11 is 0. The largest absolute Gasteiger partial charge is 0.494 e. The molecule has 0 aromatic heterocycles. The zero-order valence-electron chi connectivity index (χ0n) is 13.4. The molecular formula is C18H28FNO. The molecule has 1 aromatic carbocycles. The van der Waals surface area contributed by atoms with Gasteiger partial charge in [-0.3, -0.25) is 0 Å². The second kappa shape index (κ2) is 7.26. The fraction of sp³-hybridized carbons (Fsp3) is 0.667. The summed E-state index contributed by atoms with van der Waals surface area (Å²) in [7, 11) is 1.50. The highest BCUT2D eigenvalue weighted by molar-refractivity contribution is 5.31. The van der Waals surface area contributed by atoms with E-state index < -0.39 is 0 Å². The van der Waals surface area contributed by atoms with Gasteiger partial charge in [-0.15, -0.1) is 0 Å². The maximum atomic E-state index is 14.2. The number of benzene rings is 1. The fourth-order valence-electron chi connectivity index (χ4n) is 3.53. The van der Waals surface area contributed by atoms with Crippen molar-refractivity contribution in [2.24, 2.45) is 23.5 Å². The van der Waals surface area contributed by atoms with Crippen LogP contribution in [0.1, 0.15) is 45.1 Å². The van der Waals surface area contributed by atoms with Crippen LogP contribution in [0, 0.1) is 23.6 Å². The first kappa shape index (κ1) is 16.3. The average molecular weight is 293 g/mol. The molecule has 0 heterocycles. The molecule has 2 rings (SSSR count). The summed E-state index contributed by atoms with van der Waals surface area (Å²) in [6.07, 6.45) is 5.47. The van der Waals surface area contributed by atoms with E-state index in [-0.39, 0.29) is 11.9 Å². The molecule has 118 valence electrons. The van der Waals surface area contributed by atoms with Gasteiger partial charge >= 0.3 is 0 Å². The summed E-state index contributed by atoms with van der Waals surface area (Å²) in [5.74, 6) is 2.17. The minimum absolute atomic E-state index is 0.0414. The monoisotopic (exact) mass is 293 g/mol. The predicted octanol–water partition coefficient (Wildman–Crippen LogP) is 4.17. The molecule has 2 nitrogen and oxygen atoms in total. The van der Waals surface area contributed by atoms with Crippen molar-refractivity contribution >= 4 is 0 Å². The summed E-state index contributed by atoms with van der Waals surface area (Å²) in [4.78, 5) is 0. The van der Waals surface area contributed by atoms with Gasteiger partial charge in [0.1, 0.15) is 0 Å². The molecule has 0 aliphatic heterocycles. The minimum Gasteiger partial charge on any atom is -0.494 e. The van der Waals surface area contributed by atoms with Gasteiger partial charge in [-0.1, -0.05) is 26.0 Å². The van der Waals surface area contributed by atoms with Gasteiger partial charge in [0.25, 0.3) is 0 Å². The first-order valence-electron chi connectivity index (χ1n) is 8.09. The molecule has 1 aromatic rings. The standard InChI is InChI=1S/C18H28FNO/c1-12(2)13-7-9-14(10-8-13)16(20)11-15-5-4-6-17(21-3)18(15)19/h4-6,12-14,16H,7-11,20H2,1-3H3. The minimum atomic E-state index is -0.258. The van der Waals surface area contributed by atoms with E-state index in [0.29, 0.717) is 23.7 Å². The number of methoxy groups -OCH3 is 1. The molecule has 0 amide bonds. The lowest BCUT2D eigenvalue weighted by atomic mass is 9.74. The van der Waals surface area contributed by atoms with Gasteiger partial charge in [0.2, 0.25) is 0 Å². The Kier molecular flexibility index (Phi) is 5.63. The van der Waals surface area contributed by atoms with Crippen LogP contribution in [0.2, 0.25) is 0 Å². The second-order valence-electron chi connectivity index (χ2n) is 6.72. The number of halogens is 1. The number of hydrogen-bond acceptors (Lipinski definition) is 2.